The van der Waals surface area contributed by atoms with Crippen LogP contribution in [0, 0.1) is 18.2 Å². The van der Waals surface area contributed by atoms with Crippen molar-refractivity contribution in [3.63, 3.8) is 0 Å². The first-order valence-electron chi connectivity index (χ1n) is 33.8. The Morgan fingerprint density at radius 3 is 1.84 bits per heavy atom. The standard InChI is InChI=1S/C48H48N5O.C41H27N3.Ir/c1-28(2)36-26-32(30-22-24-31(25-23-30)43-50-45(47(5,6)7)52-46(51-43)48(8,9)10)27-37(29(3)4)41(36)53-39-20-13-12-19-38(39)49-44(53)35-18-15-17-34-33-16-11-14-21-40(33)54-42(34)35;1-3-12-31(13-4-1)38-28-32(22-24-43-38)35-17-10-19-40-41(35)36-27-30(20-21-39(36)44(40)34-15-5-2-6-16-34)25-29-11-9-14-33(26-29)37-18-7-8-23-42-37;/h11-17,19-29H,1-10H3;1-12,15-24,26-28H,25H2;/q-1;-2;+3. The molecule has 10 aromatic carbocycles. The monoisotopic (exact) mass is 1460 g/mol. The Kier molecular flexibility index (Phi) is 17.8. The minimum atomic E-state index is -0.198. The van der Waals surface area contributed by atoms with E-state index < -0.39 is 0 Å². The van der Waals surface area contributed by atoms with Gasteiger partial charge in [0, 0.05) is 56.3 Å². The first kappa shape index (κ1) is 65.5. The number of fused-ring (bicyclic) bond motifs is 7. The third-order valence-corrected chi connectivity index (χ3v) is 18.4. The van der Waals surface area contributed by atoms with Crippen molar-refractivity contribution in [1.29, 1.82) is 0 Å². The number of benzene rings is 10. The predicted octanol–water partition coefficient (Wildman–Crippen LogP) is 22.5. The average molecular weight is 1460 g/mol. The van der Waals surface area contributed by atoms with Crippen molar-refractivity contribution in [1.82, 2.24) is 39.0 Å². The van der Waals surface area contributed by atoms with E-state index >= 15 is 0 Å². The molecule has 99 heavy (non-hydrogen) atoms. The second-order valence-corrected chi connectivity index (χ2v) is 28.1. The van der Waals surface area contributed by atoms with Gasteiger partial charge < -0.3 is 23.5 Å². The summed E-state index contributed by atoms with van der Waals surface area (Å²) >= 11 is 0. The molecule has 10 heteroatoms. The smallest absolute Gasteiger partial charge is 0.501 e. The Bertz CT molecular complexity index is 5560. The zero-order valence-electron chi connectivity index (χ0n) is 57.4. The molecule has 6 aromatic heterocycles. The molecule has 16 aromatic rings. The van der Waals surface area contributed by atoms with Gasteiger partial charge in [0.2, 0.25) is 0 Å². The van der Waals surface area contributed by atoms with Crippen LogP contribution < -0.4 is 0 Å². The number of imidazole rings is 1. The van der Waals surface area contributed by atoms with E-state index in [0.717, 1.165) is 107 Å². The molecule has 0 aliphatic rings. The van der Waals surface area contributed by atoms with Crippen LogP contribution in [0.5, 0.6) is 0 Å². The van der Waals surface area contributed by atoms with Gasteiger partial charge in [0.15, 0.2) is 5.82 Å². The Morgan fingerprint density at radius 1 is 0.444 bits per heavy atom. The van der Waals surface area contributed by atoms with E-state index in [4.69, 9.17) is 24.4 Å². The summed E-state index contributed by atoms with van der Waals surface area (Å²) in [6.45, 7) is 22.0. The third-order valence-electron chi connectivity index (χ3n) is 18.4. The van der Waals surface area contributed by atoms with Gasteiger partial charge in [-0.2, -0.15) is 0 Å². The minimum absolute atomic E-state index is 0. The number of aromatic nitrogens is 8. The van der Waals surface area contributed by atoms with Crippen molar-refractivity contribution in [2.75, 3.05) is 0 Å². The molecule has 0 amide bonds. The fourth-order valence-corrected chi connectivity index (χ4v) is 13.4. The van der Waals surface area contributed by atoms with Crippen LogP contribution in [0.25, 0.3) is 134 Å². The number of hydrogen-bond donors (Lipinski definition) is 0. The molecule has 0 aliphatic heterocycles. The third kappa shape index (κ3) is 12.8. The zero-order chi connectivity index (χ0) is 67.4. The maximum Gasteiger partial charge on any atom is 3.00 e. The van der Waals surface area contributed by atoms with Gasteiger partial charge in [-0.25, -0.2) is 15.0 Å². The molecular weight excluding hydrogens is 1390 g/mol. The van der Waals surface area contributed by atoms with Gasteiger partial charge in [-0.15, -0.1) is 89.5 Å². The largest absolute Gasteiger partial charge is 3.00 e. The van der Waals surface area contributed by atoms with E-state index in [1.807, 2.05) is 73.1 Å². The van der Waals surface area contributed by atoms with Crippen LogP contribution in [0.4, 0.5) is 0 Å². The van der Waals surface area contributed by atoms with Gasteiger partial charge in [-0.05, 0) is 141 Å². The molecule has 0 bridgehead atoms. The van der Waals surface area contributed by atoms with Crippen LogP contribution in [0.1, 0.15) is 115 Å². The Balaban J connectivity index is 0.000000170. The number of pyridine rings is 2. The topological polar surface area (TPSA) is 100 Å². The first-order valence-corrected chi connectivity index (χ1v) is 33.8. The van der Waals surface area contributed by atoms with Crippen molar-refractivity contribution >= 4 is 54.8 Å². The van der Waals surface area contributed by atoms with E-state index in [1.165, 1.54) is 60.9 Å². The summed E-state index contributed by atoms with van der Waals surface area (Å²) in [5.41, 5.74) is 23.2. The molecule has 0 aliphatic carbocycles. The summed E-state index contributed by atoms with van der Waals surface area (Å²) in [5.74, 6) is 3.61. The second kappa shape index (κ2) is 26.9. The Hall–Kier alpha value is -10.8. The number of furan rings is 1. The Labute approximate surface area is 592 Å². The maximum atomic E-state index is 6.55. The number of para-hydroxylation sites is 4. The summed E-state index contributed by atoms with van der Waals surface area (Å²) in [5, 5.41) is 4.62. The summed E-state index contributed by atoms with van der Waals surface area (Å²) in [7, 11) is 0. The van der Waals surface area contributed by atoms with Gasteiger partial charge in [0.05, 0.1) is 33.5 Å². The van der Waals surface area contributed by atoms with Crippen molar-refractivity contribution in [2.24, 2.45) is 0 Å². The van der Waals surface area contributed by atoms with Gasteiger partial charge in [-0.3, -0.25) is 4.98 Å². The minimum Gasteiger partial charge on any atom is -0.501 e. The van der Waals surface area contributed by atoms with E-state index in [9.17, 15) is 0 Å². The molecule has 486 valence electrons. The van der Waals surface area contributed by atoms with E-state index in [-0.39, 0.29) is 42.8 Å². The zero-order valence-corrected chi connectivity index (χ0v) is 59.7. The SMILES string of the molecule is CC(C)c1cc(-c2ccc(-c3nc(C(C)(C)C)nc(C(C)(C)C)n3)cc2)cc(C(C)C)c1-n1c(-c2[c-]ccc3c2oc2ccccc23)nc2ccccc21.[Ir+3].[c-]1ccccc1-c1cc(-c2cccc3c2c2cc(Cc4cc[c-]c(-c5ccccn5)c4)ccc2n3-c2ccccc2)ccn1. The first-order chi connectivity index (χ1) is 47.5. The quantitative estimate of drug-likeness (QED) is 0.112. The van der Waals surface area contributed by atoms with Gasteiger partial charge in [-0.1, -0.05) is 189 Å². The van der Waals surface area contributed by atoms with Gasteiger partial charge in [0.25, 0.3) is 0 Å². The van der Waals surface area contributed by atoms with Crippen LogP contribution >= 0.6 is 0 Å². The van der Waals surface area contributed by atoms with Gasteiger partial charge >= 0.3 is 20.1 Å². The molecule has 0 saturated carbocycles. The molecule has 0 radical (unpaired) electrons. The molecule has 0 fully saturated rings. The van der Waals surface area contributed by atoms with E-state index in [0.29, 0.717) is 5.82 Å². The van der Waals surface area contributed by atoms with E-state index in [2.05, 4.69) is 282 Å². The summed E-state index contributed by atoms with van der Waals surface area (Å²) in [6.07, 6.45) is 4.54. The predicted molar refractivity (Wildman–Crippen MR) is 402 cm³/mol. The molecule has 0 atom stereocenters. The maximum absolute atomic E-state index is 6.55. The molecule has 0 unspecified atom stereocenters. The van der Waals surface area contributed by atoms with Crippen LogP contribution in [-0.4, -0.2) is 39.0 Å². The number of hydrogen-bond acceptors (Lipinski definition) is 7. The fourth-order valence-electron chi connectivity index (χ4n) is 13.4. The van der Waals surface area contributed by atoms with Crippen molar-refractivity contribution < 1.29 is 24.5 Å². The molecule has 0 N–H and O–H groups in total. The van der Waals surface area contributed by atoms with Crippen LogP contribution in [0.2, 0.25) is 0 Å². The second-order valence-electron chi connectivity index (χ2n) is 28.1. The normalized spacial score (nSPS) is 11.9. The number of rotatable bonds is 12. The van der Waals surface area contributed by atoms with E-state index in [1.54, 1.807) is 0 Å². The molecule has 0 spiro atoms. The summed E-state index contributed by atoms with van der Waals surface area (Å²) in [6, 6.07) is 93.1. The molecular formula is C89H75IrN8O. The van der Waals surface area contributed by atoms with Crippen LogP contribution in [0.3, 0.4) is 0 Å². The van der Waals surface area contributed by atoms with Crippen molar-refractivity contribution in [3.8, 4) is 78.9 Å². The van der Waals surface area contributed by atoms with Crippen LogP contribution in [-0.2, 0) is 37.4 Å². The number of nitrogens with zero attached hydrogens (tertiary/aromatic N) is 8. The van der Waals surface area contributed by atoms with Crippen molar-refractivity contribution in [3.05, 3.63) is 301 Å². The van der Waals surface area contributed by atoms with Crippen molar-refractivity contribution in [2.45, 2.75) is 98.3 Å². The fraction of sp³-hybridized carbons (Fsp3) is 0.169. The molecule has 0 saturated heterocycles. The molecule has 6 heterocycles. The molecule has 16 rings (SSSR count). The van der Waals surface area contributed by atoms with Crippen LogP contribution in [0.15, 0.2) is 253 Å². The van der Waals surface area contributed by atoms with Gasteiger partial charge in [0.1, 0.15) is 17.2 Å². The molecule has 9 nitrogen and oxygen atoms in total. The summed E-state index contributed by atoms with van der Waals surface area (Å²) in [4.78, 5) is 29.3. The Morgan fingerprint density at radius 2 is 1.11 bits per heavy atom. The summed E-state index contributed by atoms with van der Waals surface area (Å²) < 4.78 is 11.3. The average Bonchev–Trinajstić information content (AvgIpc) is 1.63.